The normalized spacial score (nSPS) is 24.7. The van der Waals surface area contributed by atoms with Gasteiger partial charge in [0.15, 0.2) is 0 Å². The van der Waals surface area contributed by atoms with Crippen molar-refractivity contribution >= 4 is 52.8 Å². The van der Waals surface area contributed by atoms with E-state index in [1.165, 1.54) is 12.8 Å². The zero-order valence-corrected chi connectivity index (χ0v) is 19.2. The molecule has 0 saturated heterocycles. The van der Waals surface area contributed by atoms with Crippen LogP contribution in [0.2, 0.25) is 5.02 Å². The molecule has 0 bridgehead atoms. The van der Waals surface area contributed by atoms with E-state index in [1.54, 1.807) is 18.5 Å². The van der Waals surface area contributed by atoms with Crippen LogP contribution in [0.5, 0.6) is 0 Å². The molecule has 166 valence electrons. The summed E-state index contributed by atoms with van der Waals surface area (Å²) < 4.78 is 17.1. The van der Waals surface area contributed by atoms with Gasteiger partial charge in [-0.15, -0.1) is 0 Å². The van der Waals surface area contributed by atoms with E-state index in [4.69, 9.17) is 25.2 Å². The lowest BCUT2D eigenvalue weighted by atomic mass is 9.86. The second kappa shape index (κ2) is 7.69. The molecule has 5 nitrogen and oxygen atoms in total. The minimum Gasteiger partial charge on any atom is -0.383 e. The van der Waals surface area contributed by atoms with E-state index in [9.17, 15) is 4.39 Å². The maximum absolute atomic E-state index is 14.8. The zero-order chi connectivity index (χ0) is 22.9. The van der Waals surface area contributed by atoms with Crippen molar-refractivity contribution < 1.29 is 4.39 Å². The molecule has 2 saturated carbocycles. The van der Waals surface area contributed by atoms with Crippen molar-refractivity contribution in [3.63, 3.8) is 0 Å². The average molecular weight is 460 g/mol. The van der Waals surface area contributed by atoms with Crippen LogP contribution < -0.4 is 11.3 Å². The Balaban J connectivity index is 1.26. The molecule has 0 amide bonds. The van der Waals surface area contributed by atoms with E-state index in [1.807, 2.05) is 6.07 Å². The van der Waals surface area contributed by atoms with Crippen molar-refractivity contribution in [3.8, 4) is 0 Å². The first-order chi connectivity index (χ1) is 15.9. The number of halogens is 2. The van der Waals surface area contributed by atoms with Crippen LogP contribution in [0.1, 0.15) is 42.9 Å². The fraction of sp³-hybridized carbons (Fsp3) is 0.400. The number of hydrogen-bond acceptors (Lipinski definition) is 4. The number of nitrogens with zero attached hydrogens (tertiary/aromatic N) is 4. The van der Waals surface area contributed by atoms with Gasteiger partial charge in [-0.25, -0.2) is 14.4 Å². The van der Waals surface area contributed by atoms with Crippen LogP contribution in [-0.2, 0) is 6.42 Å². The summed E-state index contributed by atoms with van der Waals surface area (Å²) in [5, 5.41) is 1.66. The van der Waals surface area contributed by atoms with Crippen molar-refractivity contribution in [1.82, 2.24) is 19.5 Å². The molecule has 4 atom stereocenters. The molecule has 2 N–H and O–H groups in total. The Hall–Kier alpha value is -2.67. The van der Waals surface area contributed by atoms with Gasteiger partial charge in [0.25, 0.3) is 0 Å². The number of hydrogen-bond donors (Lipinski definition) is 1. The van der Waals surface area contributed by atoms with Gasteiger partial charge in [0.2, 0.25) is 0 Å². The Bertz CT molecular complexity index is 1400. The van der Waals surface area contributed by atoms with Crippen LogP contribution >= 0.6 is 11.6 Å². The SMILES string of the molecule is [B]c1nc2cc(CC3CCC4CC(n5cc(C)c6c(N)ncnc65)CC34)cc(F)c2cc1Cl. The maximum Gasteiger partial charge on any atom is 0.145 e. The highest BCUT2D eigenvalue weighted by atomic mass is 35.5. The molecule has 2 aliphatic carbocycles. The highest BCUT2D eigenvalue weighted by molar-refractivity contribution is 6.44. The number of nitrogen functional groups attached to an aromatic ring is 1. The second-order valence-electron chi connectivity index (χ2n) is 9.77. The number of benzene rings is 1. The quantitative estimate of drug-likeness (QED) is 0.452. The molecule has 4 unspecified atom stereocenters. The number of aromatic nitrogens is 4. The fourth-order valence-electron chi connectivity index (χ4n) is 6.43. The number of nitrogens with two attached hydrogens (primary N) is 1. The van der Waals surface area contributed by atoms with Crippen LogP contribution in [-0.4, -0.2) is 27.4 Å². The Morgan fingerprint density at radius 3 is 2.91 bits per heavy atom. The summed E-state index contributed by atoms with van der Waals surface area (Å²) in [7, 11) is 5.86. The van der Waals surface area contributed by atoms with Crippen molar-refractivity contribution in [2.45, 2.75) is 45.1 Å². The average Bonchev–Trinajstić information content (AvgIpc) is 3.44. The summed E-state index contributed by atoms with van der Waals surface area (Å²) >= 11 is 6.04. The summed E-state index contributed by atoms with van der Waals surface area (Å²) in [6.45, 7) is 2.07. The first kappa shape index (κ1) is 20.9. The van der Waals surface area contributed by atoms with Gasteiger partial charge in [0.1, 0.15) is 31.5 Å². The summed E-state index contributed by atoms with van der Waals surface area (Å²) in [5.74, 6) is 2.09. The first-order valence-corrected chi connectivity index (χ1v) is 11.9. The summed E-state index contributed by atoms with van der Waals surface area (Å²) in [5.41, 5.74) is 9.95. The highest BCUT2D eigenvalue weighted by Gasteiger charge is 2.44. The van der Waals surface area contributed by atoms with Crippen molar-refractivity contribution in [3.05, 3.63) is 52.7 Å². The smallest absolute Gasteiger partial charge is 0.145 e. The van der Waals surface area contributed by atoms with Crippen LogP contribution in [0.4, 0.5) is 10.2 Å². The molecule has 6 rings (SSSR count). The maximum atomic E-state index is 14.8. The number of pyridine rings is 1. The molecule has 3 aromatic heterocycles. The molecular formula is C25H24BClFN5. The van der Waals surface area contributed by atoms with Crippen LogP contribution in [0, 0.1) is 30.5 Å². The van der Waals surface area contributed by atoms with Crippen LogP contribution in [0.15, 0.2) is 30.7 Å². The van der Waals surface area contributed by atoms with Gasteiger partial charge in [-0.05, 0) is 86.1 Å². The third-order valence-electron chi connectivity index (χ3n) is 7.88. The van der Waals surface area contributed by atoms with Crippen LogP contribution in [0.3, 0.4) is 0 Å². The third-order valence-corrected chi connectivity index (χ3v) is 8.18. The van der Waals surface area contributed by atoms with E-state index < -0.39 is 0 Å². The van der Waals surface area contributed by atoms with Gasteiger partial charge in [0.05, 0.1) is 15.9 Å². The van der Waals surface area contributed by atoms with Gasteiger partial charge < -0.3 is 10.3 Å². The molecule has 2 fully saturated rings. The molecule has 1 aromatic carbocycles. The second-order valence-corrected chi connectivity index (χ2v) is 10.2. The molecule has 33 heavy (non-hydrogen) atoms. The van der Waals surface area contributed by atoms with Gasteiger partial charge in [-0.2, -0.15) is 0 Å². The zero-order valence-electron chi connectivity index (χ0n) is 18.4. The molecule has 2 aliphatic rings. The molecule has 4 aromatic rings. The molecule has 2 radical (unpaired) electrons. The molecule has 0 spiro atoms. The lowest BCUT2D eigenvalue weighted by molar-refractivity contribution is 0.343. The van der Waals surface area contributed by atoms with Crippen molar-refractivity contribution in [1.29, 1.82) is 0 Å². The van der Waals surface area contributed by atoms with Gasteiger partial charge in [-0.1, -0.05) is 11.6 Å². The number of anilines is 1. The van der Waals surface area contributed by atoms with Crippen LogP contribution in [0.25, 0.3) is 21.9 Å². The van der Waals surface area contributed by atoms with Crippen molar-refractivity contribution in [2.75, 3.05) is 5.73 Å². The Labute approximate surface area is 198 Å². The van der Waals surface area contributed by atoms with Gasteiger partial charge in [-0.3, -0.25) is 4.98 Å². The summed E-state index contributed by atoms with van der Waals surface area (Å²) in [6.07, 6.45) is 9.24. The van der Waals surface area contributed by atoms with Gasteiger partial charge >= 0.3 is 0 Å². The van der Waals surface area contributed by atoms with E-state index in [-0.39, 0.29) is 16.4 Å². The van der Waals surface area contributed by atoms with Gasteiger partial charge in [0, 0.05) is 23.2 Å². The van der Waals surface area contributed by atoms with E-state index >= 15 is 0 Å². The summed E-state index contributed by atoms with van der Waals surface area (Å²) in [6, 6.07) is 5.57. The predicted molar refractivity (Wildman–Crippen MR) is 130 cm³/mol. The Morgan fingerprint density at radius 2 is 2.06 bits per heavy atom. The van der Waals surface area contributed by atoms with Crippen molar-refractivity contribution in [2.24, 2.45) is 17.8 Å². The van der Waals surface area contributed by atoms with E-state index in [0.717, 1.165) is 41.4 Å². The number of rotatable bonds is 3. The summed E-state index contributed by atoms with van der Waals surface area (Å²) in [4.78, 5) is 13.0. The Kier molecular flexibility index (Phi) is 4.87. The standard InChI is InChI=1S/C25H24BClFN5/c1-12-10-33(25-22(12)24(29)30-11-31-25)16-7-15-3-2-14(17(15)8-16)4-13-5-20(28)18-9-19(27)23(26)32-21(18)6-13/h5-6,9-11,14-17H,2-4,7-8H2,1H3,(H2,29,30,31). The lowest BCUT2D eigenvalue weighted by Crippen LogP contribution is -2.14. The molecule has 3 heterocycles. The Morgan fingerprint density at radius 1 is 1.21 bits per heavy atom. The fourth-order valence-corrected chi connectivity index (χ4v) is 6.58. The minimum absolute atomic E-state index is 0.235. The molecule has 8 heteroatoms. The van der Waals surface area contributed by atoms with E-state index in [2.05, 4.69) is 32.6 Å². The highest BCUT2D eigenvalue weighted by Crippen LogP contribution is 2.53. The predicted octanol–water partition coefficient (Wildman–Crippen LogP) is 4.68. The van der Waals surface area contributed by atoms with E-state index in [0.29, 0.717) is 40.5 Å². The lowest BCUT2D eigenvalue weighted by Gasteiger charge is -2.20. The monoisotopic (exact) mass is 459 g/mol. The third kappa shape index (κ3) is 3.40. The largest absolute Gasteiger partial charge is 0.383 e. The topological polar surface area (TPSA) is 69.6 Å². The molecular weight excluding hydrogens is 436 g/mol. The first-order valence-electron chi connectivity index (χ1n) is 11.5. The minimum atomic E-state index is -0.290. The number of fused-ring (bicyclic) bond motifs is 3. The number of aryl methyl sites for hydroxylation is 1. The molecule has 0 aliphatic heterocycles.